The average Bonchev–Trinajstić information content (AvgIpc) is 2.45. The number of rotatable bonds is 3. The second-order valence-corrected chi connectivity index (χ2v) is 5.88. The van der Waals surface area contributed by atoms with Crippen LogP contribution in [-0.4, -0.2) is 7.11 Å². The number of nitrogens with two attached hydrogens (primary N) is 1. The Morgan fingerprint density at radius 3 is 2.45 bits per heavy atom. The Hall–Kier alpha value is -1.80. The van der Waals surface area contributed by atoms with Crippen molar-refractivity contribution >= 4 is 0 Å². The molecular formula is C18H21NO. The number of hydrogen-bond acceptors (Lipinski definition) is 2. The lowest BCUT2D eigenvalue weighted by Crippen LogP contribution is -2.48. The molecule has 0 aromatic heterocycles. The molecule has 1 saturated carbocycles. The van der Waals surface area contributed by atoms with Crippen LogP contribution in [0.25, 0.3) is 0 Å². The Kier molecular flexibility index (Phi) is 3.27. The van der Waals surface area contributed by atoms with E-state index in [4.69, 9.17) is 10.5 Å². The first-order chi connectivity index (χ1) is 9.62. The van der Waals surface area contributed by atoms with E-state index in [9.17, 15) is 0 Å². The van der Waals surface area contributed by atoms with Crippen LogP contribution in [-0.2, 0) is 5.54 Å². The van der Waals surface area contributed by atoms with Gasteiger partial charge >= 0.3 is 0 Å². The van der Waals surface area contributed by atoms with Gasteiger partial charge in [-0.25, -0.2) is 0 Å². The normalized spacial score (nSPS) is 25.1. The second-order valence-electron chi connectivity index (χ2n) is 5.88. The lowest BCUT2D eigenvalue weighted by atomic mass is 9.63. The molecule has 0 spiro atoms. The second kappa shape index (κ2) is 4.95. The minimum atomic E-state index is -0.252. The zero-order valence-corrected chi connectivity index (χ0v) is 12.1. The van der Waals surface area contributed by atoms with Gasteiger partial charge in [0.15, 0.2) is 0 Å². The molecule has 0 aliphatic heterocycles. The molecule has 1 aliphatic rings. The van der Waals surface area contributed by atoms with Crippen molar-refractivity contribution < 1.29 is 4.74 Å². The monoisotopic (exact) mass is 267 g/mol. The van der Waals surface area contributed by atoms with Crippen molar-refractivity contribution in [1.82, 2.24) is 0 Å². The van der Waals surface area contributed by atoms with E-state index in [1.807, 2.05) is 6.07 Å². The summed E-state index contributed by atoms with van der Waals surface area (Å²) < 4.78 is 5.48. The highest BCUT2D eigenvalue weighted by atomic mass is 16.5. The van der Waals surface area contributed by atoms with Crippen molar-refractivity contribution in [2.24, 2.45) is 5.73 Å². The maximum absolute atomic E-state index is 6.62. The Morgan fingerprint density at radius 2 is 1.80 bits per heavy atom. The van der Waals surface area contributed by atoms with Gasteiger partial charge in [-0.1, -0.05) is 48.0 Å². The van der Waals surface area contributed by atoms with E-state index in [1.165, 1.54) is 11.1 Å². The van der Waals surface area contributed by atoms with E-state index in [0.717, 1.165) is 24.2 Å². The Morgan fingerprint density at radius 1 is 1.10 bits per heavy atom. The molecule has 2 N–H and O–H groups in total. The summed E-state index contributed by atoms with van der Waals surface area (Å²) in [6.07, 6.45) is 1.97. The summed E-state index contributed by atoms with van der Waals surface area (Å²) in [7, 11) is 1.71. The highest BCUT2D eigenvalue weighted by molar-refractivity contribution is 5.44. The van der Waals surface area contributed by atoms with Gasteiger partial charge in [-0.2, -0.15) is 0 Å². The summed E-state index contributed by atoms with van der Waals surface area (Å²) in [6, 6.07) is 16.9. The van der Waals surface area contributed by atoms with Gasteiger partial charge in [-0.15, -0.1) is 0 Å². The van der Waals surface area contributed by atoms with Gasteiger partial charge in [0.2, 0.25) is 0 Å². The summed E-state index contributed by atoms with van der Waals surface area (Å²) >= 11 is 0. The summed E-state index contributed by atoms with van der Waals surface area (Å²) in [6.45, 7) is 2.10. The fourth-order valence-electron chi connectivity index (χ4n) is 3.21. The van der Waals surface area contributed by atoms with Crippen LogP contribution in [0.1, 0.15) is 35.4 Å². The number of methoxy groups -OCH3 is 1. The lowest BCUT2D eigenvalue weighted by Gasteiger charge is -2.46. The van der Waals surface area contributed by atoms with Crippen LogP contribution in [0, 0.1) is 6.92 Å². The van der Waals surface area contributed by atoms with Crippen LogP contribution in [0.3, 0.4) is 0 Å². The van der Waals surface area contributed by atoms with E-state index in [0.29, 0.717) is 5.92 Å². The highest BCUT2D eigenvalue weighted by Gasteiger charge is 2.44. The van der Waals surface area contributed by atoms with Gasteiger partial charge < -0.3 is 10.5 Å². The van der Waals surface area contributed by atoms with Gasteiger partial charge in [0, 0.05) is 11.1 Å². The molecule has 0 unspecified atom stereocenters. The molecule has 0 radical (unpaired) electrons. The molecule has 2 aromatic rings. The molecule has 0 heterocycles. The van der Waals surface area contributed by atoms with Crippen LogP contribution < -0.4 is 10.5 Å². The molecular weight excluding hydrogens is 246 g/mol. The third kappa shape index (κ3) is 2.20. The molecule has 2 nitrogen and oxygen atoms in total. The fourth-order valence-corrected chi connectivity index (χ4v) is 3.21. The first-order valence-corrected chi connectivity index (χ1v) is 7.11. The van der Waals surface area contributed by atoms with Crippen LogP contribution in [0.5, 0.6) is 5.75 Å². The number of aryl methyl sites for hydroxylation is 1. The highest BCUT2D eigenvalue weighted by Crippen LogP contribution is 2.51. The topological polar surface area (TPSA) is 35.2 Å². The van der Waals surface area contributed by atoms with E-state index in [1.54, 1.807) is 7.11 Å². The first kappa shape index (κ1) is 13.2. The first-order valence-electron chi connectivity index (χ1n) is 7.11. The minimum Gasteiger partial charge on any atom is -0.496 e. The summed E-state index contributed by atoms with van der Waals surface area (Å²) in [5.74, 6) is 1.47. The van der Waals surface area contributed by atoms with Crippen molar-refractivity contribution in [3.8, 4) is 5.75 Å². The van der Waals surface area contributed by atoms with Crippen LogP contribution in [0.4, 0.5) is 0 Å². The Labute approximate surface area is 120 Å². The summed E-state index contributed by atoms with van der Waals surface area (Å²) in [4.78, 5) is 0. The molecule has 0 atom stereocenters. The zero-order chi connectivity index (χ0) is 14.2. The van der Waals surface area contributed by atoms with Gasteiger partial charge in [0.25, 0.3) is 0 Å². The third-order valence-corrected chi connectivity index (χ3v) is 4.38. The van der Waals surface area contributed by atoms with E-state index >= 15 is 0 Å². The minimum absolute atomic E-state index is 0.252. The molecule has 0 saturated heterocycles. The van der Waals surface area contributed by atoms with Crippen molar-refractivity contribution in [3.63, 3.8) is 0 Å². The Bertz CT molecular complexity index is 600. The van der Waals surface area contributed by atoms with Crippen molar-refractivity contribution in [2.75, 3.05) is 7.11 Å². The quantitative estimate of drug-likeness (QED) is 0.919. The van der Waals surface area contributed by atoms with Crippen LogP contribution in [0.2, 0.25) is 0 Å². The van der Waals surface area contributed by atoms with Gasteiger partial charge in [0.05, 0.1) is 7.11 Å². The molecule has 2 heteroatoms. The predicted molar refractivity (Wildman–Crippen MR) is 82.0 cm³/mol. The van der Waals surface area contributed by atoms with Gasteiger partial charge in [-0.3, -0.25) is 0 Å². The van der Waals surface area contributed by atoms with E-state index in [2.05, 4.69) is 49.4 Å². The molecule has 20 heavy (non-hydrogen) atoms. The van der Waals surface area contributed by atoms with E-state index < -0.39 is 0 Å². The van der Waals surface area contributed by atoms with Gasteiger partial charge in [0.1, 0.15) is 5.75 Å². The molecule has 1 fully saturated rings. The lowest BCUT2D eigenvalue weighted by molar-refractivity contribution is 0.202. The zero-order valence-electron chi connectivity index (χ0n) is 12.1. The van der Waals surface area contributed by atoms with Crippen molar-refractivity contribution in [1.29, 1.82) is 0 Å². The molecule has 1 aliphatic carbocycles. The predicted octanol–water partition coefficient (Wildman–Crippen LogP) is 3.74. The van der Waals surface area contributed by atoms with Gasteiger partial charge in [-0.05, 0) is 37.3 Å². The maximum Gasteiger partial charge on any atom is 0.123 e. The number of benzene rings is 2. The maximum atomic E-state index is 6.62. The Balaban J connectivity index is 1.85. The third-order valence-electron chi connectivity index (χ3n) is 4.38. The molecule has 3 rings (SSSR count). The van der Waals surface area contributed by atoms with E-state index in [-0.39, 0.29) is 5.54 Å². The standard InChI is InChI=1S/C18H21NO/c1-13-8-9-17(20-2)16(10-13)18(19)11-15(12-18)14-6-4-3-5-7-14/h3-10,15H,11-12,19H2,1-2H3. The smallest absolute Gasteiger partial charge is 0.123 e. The van der Waals surface area contributed by atoms with Crippen LogP contribution in [0.15, 0.2) is 48.5 Å². The molecule has 104 valence electrons. The SMILES string of the molecule is COc1ccc(C)cc1C1(N)CC(c2ccccc2)C1. The number of hydrogen-bond donors (Lipinski definition) is 1. The largest absolute Gasteiger partial charge is 0.496 e. The summed E-state index contributed by atoms with van der Waals surface area (Å²) in [5.41, 5.74) is 10.1. The summed E-state index contributed by atoms with van der Waals surface area (Å²) in [5, 5.41) is 0. The molecule has 2 aromatic carbocycles. The van der Waals surface area contributed by atoms with Crippen molar-refractivity contribution in [3.05, 3.63) is 65.2 Å². The van der Waals surface area contributed by atoms with Crippen molar-refractivity contribution in [2.45, 2.75) is 31.2 Å². The fraction of sp³-hybridized carbons (Fsp3) is 0.333. The van der Waals surface area contributed by atoms with Crippen LogP contribution >= 0.6 is 0 Å². The molecule has 0 bridgehead atoms. The molecule has 0 amide bonds. The number of ether oxygens (including phenoxy) is 1. The average molecular weight is 267 g/mol.